The van der Waals surface area contributed by atoms with Crippen LogP contribution in [0.1, 0.15) is 22.7 Å². The van der Waals surface area contributed by atoms with Crippen molar-refractivity contribution in [1.29, 1.82) is 0 Å². The maximum atomic E-state index is 13.7. The standard InChI is InChI=1S/C16H15BrFNO/c1-19-16(12-3-2-4-13(18)15(12)17)11-5-6-14-10(9-11)7-8-20-14/h2-6,9,16,19H,7-8H2,1H3. The molecule has 3 rings (SSSR count). The van der Waals surface area contributed by atoms with Crippen molar-refractivity contribution in [2.45, 2.75) is 12.5 Å². The summed E-state index contributed by atoms with van der Waals surface area (Å²) in [7, 11) is 1.88. The highest BCUT2D eigenvalue weighted by atomic mass is 79.9. The molecule has 4 heteroatoms. The van der Waals surface area contributed by atoms with Gasteiger partial charge in [0, 0.05) is 6.42 Å². The van der Waals surface area contributed by atoms with Crippen molar-refractivity contribution >= 4 is 15.9 Å². The zero-order chi connectivity index (χ0) is 14.1. The van der Waals surface area contributed by atoms with Crippen LogP contribution in [0.3, 0.4) is 0 Å². The molecule has 1 unspecified atom stereocenters. The van der Waals surface area contributed by atoms with Crippen LogP contribution in [0.4, 0.5) is 4.39 Å². The first-order valence-corrected chi connectivity index (χ1v) is 7.37. The second-order valence-electron chi connectivity index (χ2n) is 4.83. The van der Waals surface area contributed by atoms with Crippen LogP contribution in [0.25, 0.3) is 0 Å². The van der Waals surface area contributed by atoms with Crippen LogP contribution in [0.15, 0.2) is 40.9 Å². The smallest absolute Gasteiger partial charge is 0.137 e. The zero-order valence-electron chi connectivity index (χ0n) is 11.1. The molecule has 104 valence electrons. The van der Waals surface area contributed by atoms with Crippen LogP contribution in [-0.4, -0.2) is 13.7 Å². The van der Waals surface area contributed by atoms with Crippen molar-refractivity contribution in [3.05, 3.63) is 63.4 Å². The minimum atomic E-state index is -0.243. The summed E-state index contributed by atoms with van der Waals surface area (Å²) < 4.78 is 19.8. The van der Waals surface area contributed by atoms with E-state index >= 15 is 0 Å². The van der Waals surface area contributed by atoms with Crippen molar-refractivity contribution in [3.63, 3.8) is 0 Å². The molecule has 1 aliphatic heterocycles. The van der Waals surface area contributed by atoms with Gasteiger partial charge >= 0.3 is 0 Å². The summed E-state index contributed by atoms with van der Waals surface area (Å²) in [5, 5.41) is 3.26. The average molecular weight is 336 g/mol. The SMILES string of the molecule is CNC(c1ccc2c(c1)CCO2)c1cccc(F)c1Br. The molecule has 20 heavy (non-hydrogen) atoms. The predicted octanol–water partition coefficient (Wildman–Crippen LogP) is 3.83. The fraction of sp³-hybridized carbons (Fsp3) is 0.250. The summed E-state index contributed by atoms with van der Waals surface area (Å²) in [5.41, 5.74) is 3.23. The average Bonchev–Trinajstić information content (AvgIpc) is 2.92. The number of hydrogen-bond donors (Lipinski definition) is 1. The van der Waals surface area contributed by atoms with E-state index in [1.165, 1.54) is 11.6 Å². The molecule has 0 fully saturated rings. The highest BCUT2D eigenvalue weighted by Gasteiger charge is 2.20. The van der Waals surface area contributed by atoms with Gasteiger partial charge in [-0.05, 0) is 51.8 Å². The minimum absolute atomic E-state index is 0.0500. The molecule has 0 spiro atoms. The molecular weight excluding hydrogens is 321 g/mol. The molecule has 0 saturated carbocycles. The Labute approximate surface area is 126 Å². The molecule has 2 nitrogen and oxygen atoms in total. The second kappa shape index (κ2) is 5.54. The third-order valence-corrected chi connectivity index (χ3v) is 4.46. The fourth-order valence-electron chi connectivity index (χ4n) is 2.63. The summed E-state index contributed by atoms with van der Waals surface area (Å²) in [5.74, 6) is 0.717. The van der Waals surface area contributed by atoms with Crippen LogP contribution in [-0.2, 0) is 6.42 Å². The molecule has 1 heterocycles. The predicted molar refractivity (Wildman–Crippen MR) is 80.6 cm³/mol. The van der Waals surface area contributed by atoms with Gasteiger partial charge in [0.25, 0.3) is 0 Å². The lowest BCUT2D eigenvalue weighted by Crippen LogP contribution is -2.18. The lowest BCUT2D eigenvalue weighted by Gasteiger charge is -2.19. The van der Waals surface area contributed by atoms with E-state index in [4.69, 9.17) is 4.74 Å². The third kappa shape index (κ3) is 2.34. The molecule has 2 aromatic carbocycles. The van der Waals surface area contributed by atoms with Crippen molar-refractivity contribution in [3.8, 4) is 5.75 Å². The number of hydrogen-bond acceptors (Lipinski definition) is 2. The van der Waals surface area contributed by atoms with E-state index < -0.39 is 0 Å². The molecule has 0 aromatic heterocycles. The van der Waals surface area contributed by atoms with Crippen molar-refractivity contribution in [2.24, 2.45) is 0 Å². The van der Waals surface area contributed by atoms with E-state index in [9.17, 15) is 4.39 Å². The summed E-state index contributed by atoms with van der Waals surface area (Å²) in [6, 6.07) is 11.2. The van der Waals surface area contributed by atoms with Crippen LogP contribution >= 0.6 is 15.9 Å². The molecular formula is C16H15BrFNO. The Morgan fingerprint density at radius 1 is 1.30 bits per heavy atom. The van der Waals surface area contributed by atoms with E-state index in [1.54, 1.807) is 6.07 Å². The lowest BCUT2D eigenvalue weighted by atomic mass is 9.96. The maximum absolute atomic E-state index is 13.7. The molecule has 2 aromatic rings. The summed E-state index contributed by atoms with van der Waals surface area (Å²) in [4.78, 5) is 0. The van der Waals surface area contributed by atoms with E-state index in [0.29, 0.717) is 4.47 Å². The van der Waals surface area contributed by atoms with Gasteiger partial charge in [-0.3, -0.25) is 0 Å². The Kier molecular flexibility index (Phi) is 3.76. The van der Waals surface area contributed by atoms with Gasteiger partial charge in [0.05, 0.1) is 17.1 Å². The normalized spacial score (nSPS) is 14.8. The highest BCUT2D eigenvalue weighted by molar-refractivity contribution is 9.10. The van der Waals surface area contributed by atoms with Crippen molar-refractivity contribution < 1.29 is 9.13 Å². The zero-order valence-corrected chi connectivity index (χ0v) is 12.7. The van der Waals surface area contributed by atoms with E-state index in [0.717, 1.165) is 29.9 Å². The summed E-state index contributed by atoms with van der Waals surface area (Å²) >= 11 is 3.34. The van der Waals surface area contributed by atoms with Gasteiger partial charge in [-0.25, -0.2) is 4.39 Å². The number of nitrogens with one attached hydrogen (secondary N) is 1. The number of rotatable bonds is 3. The minimum Gasteiger partial charge on any atom is -0.493 e. The highest BCUT2D eigenvalue weighted by Crippen LogP contribution is 2.33. The summed E-state index contributed by atoms with van der Waals surface area (Å²) in [6.07, 6.45) is 0.934. The van der Waals surface area contributed by atoms with Gasteiger partial charge in [0.2, 0.25) is 0 Å². The fourth-order valence-corrected chi connectivity index (χ4v) is 3.12. The van der Waals surface area contributed by atoms with E-state index in [-0.39, 0.29) is 11.9 Å². The van der Waals surface area contributed by atoms with Gasteiger partial charge in [-0.2, -0.15) is 0 Å². The number of fused-ring (bicyclic) bond motifs is 1. The van der Waals surface area contributed by atoms with Crippen LogP contribution < -0.4 is 10.1 Å². The second-order valence-corrected chi connectivity index (χ2v) is 5.62. The molecule has 0 aliphatic carbocycles. The molecule has 1 aliphatic rings. The van der Waals surface area contributed by atoms with Crippen molar-refractivity contribution in [1.82, 2.24) is 5.32 Å². The molecule has 0 saturated heterocycles. The van der Waals surface area contributed by atoms with E-state index in [1.807, 2.05) is 25.2 Å². The molecule has 0 amide bonds. The quantitative estimate of drug-likeness (QED) is 0.920. The number of benzene rings is 2. The third-order valence-electron chi connectivity index (χ3n) is 3.63. The molecule has 1 N–H and O–H groups in total. The Bertz CT molecular complexity index is 644. The van der Waals surface area contributed by atoms with Gasteiger partial charge in [-0.15, -0.1) is 0 Å². The maximum Gasteiger partial charge on any atom is 0.137 e. The van der Waals surface area contributed by atoms with Crippen LogP contribution in [0, 0.1) is 5.82 Å². The molecule has 0 radical (unpaired) electrons. The Morgan fingerprint density at radius 2 is 2.15 bits per heavy atom. The van der Waals surface area contributed by atoms with Crippen molar-refractivity contribution in [2.75, 3.05) is 13.7 Å². The van der Waals surface area contributed by atoms with Crippen LogP contribution in [0.5, 0.6) is 5.75 Å². The first-order chi connectivity index (χ1) is 9.70. The Balaban J connectivity index is 2.03. The van der Waals surface area contributed by atoms with Gasteiger partial charge in [0.15, 0.2) is 0 Å². The van der Waals surface area contributed by atoms with Gasteiger partial charge in [-0.1, -0.05) is 24.3 Å². The summed E-state index contributed by atoms with van der Waals surface area (Å²) in [6.45, 7) is 0.743. The van der Waals surface area contributed by atoms with E-state index in [2.05, 4.69) is 27.3 Å². The monoisotopic (exact) mass is 335 g/mol. The molecule has 0 bridgehead atoms. The number of ether oxygens (including phenoxy) is 1. The Hall–Kier alpha value is -1.39. The van der Waals surface area contributed by atoms with Gasteiger partial charge in [0.1, 0.15) is 11.6 Å². The lowest BCUT2D eigenvalue weighted by molar-refractivity contribution is 0.357. The Morgan fingerprint density at radius 3 is 2.95 bits per heavy atom. The first-order valence-electron chi connectivity index (χ1n) is 6.57. The van der Waals surface area contributed by atoms with Gasteiger partial charge < -0.3 is 10.1 Å². The van der Waals surface area contributed by atoms with Crippen LogP contribution in [0.2, 0.25) is 0 Å². The molecule has 1 atom stereocenters. The largest absolute Gasteiger partial charge is 0.493 e. The topological polar surface area (TPSA) is 21.3 Å². The first kappa shape index (κ1) is 13.6. The number of halogens is 2.